The molecule has 2 aromatic carbocycles. The number of nitrogens with one attached hydrogen (secondary N) is 1. The SMILES string of the molecule is COC(=O)c1cc(Nc2c(C)cccc2Cl)c(F)cc1N. The van der Waals surface area contributed by atoms with E-state index in [4.69, 9.17) is 17.3 Å². The Bertz CT molecular complexity index is 684. The predicted molar refractivity (Wildman–Crippen MR) is 81.6 cm³/mol. The molecule has 0 aliphatic rings. The van der Waals surface area contributed by atoms with Gasteiger partial charge in [0.25, 0.3) is 0 Å². The van der Waals surface area contributed by atoms with Crippen molar-refractivity contribution < 1.29 is 13.9 Å². The Morgan fingerprint density at radius 2 is 2.10 bits per heavy atom. The van der Waals surface area contributed by atoms with Crippen molar-refractivity contribution in [1.29, 1.82) is 0 Å². The summed E-state index contributed by atoms with van der Waals surface area (Å²) in [4.78, 5) is 11.6. The number of carbonyl (C=O) groups is 1. The monoisotopic (exact) mass is 308 g/mol. The Kier molecular flexibility index (Phi) is 4.33. The zero-order valence-corrected chi connectivity index (χ0v) is 12.3. The normalized spacial score (nSPS) is 10.3. The van der Waals surface area contributed by atoms with Crippen LogP contribution in [0.4, 0.5) is 21.5 Å². The summed E-state index contributed by atoms with van der Waals surface area (Å²) in [6.45, 7) is 1.84. The zero-order valence-electron chi connectivity index (χ0n) is 11.5. The van der Waals surface area contributed by atoms with Gasteiger partial charge in [0.1, 0.15) is 5.82 Å². The molecule has 6 heteroatoms. The number of nitrogens with two attached hydrogens (primary N) is 1. The molecule has 0 spiro atoms. The van der Waals surface area contributed by atoms with E-state index in [0.29, 0.717) is 10.7 Å². The third-order valence-corrected chi connectivity index (χ3v) is 3.34. The fourth-order valence-electron chi connectivity index (χ4n) is 1.90. The number of anilines is 3. The van der Waals surface area contributed by atoms with E-state index in [2.05, 4.69) is 10.1 Å². The van der Waals surface area contributed by atoms with Gasteiger partial charge in [-0.15, -0.1) is 0 Å². The van der Waals surface area contributed by atoms with E-state index in [1.165, 1.54) is 13.2 Å². The largest absolute Gasteiger partial charge is 0.465 e. The van der Waals surface area contributed by atoms with Crippen molar-refractivity contribution in [2.24, 2.45) is 0 Å². The molecule has 0 bridgehead atoms. The number of para-hydroxylation sites is 1. The second-order valence-electron chi connectivity index (χ2n) is 4.47. The highest BCUT2D eigenvalue weighted by Gasteiger charge is 2.16. The Morgan fingerprint density at radius 3 is 2.71 bits per heavy atom. The van der Waals surface area contributed by atoms with Crippen molar-refractivity contribution >= 4 is 34.6 Å². The lowest BCUT2D eigenvalue weighted by Gasteiger charge is -2.14. The number of hydrogen-bond acceptors (Lipinski definition) is 4. The number of ether oxygens (including phenoxy) is 1. The van der Waals surface area contributed by atoms with Gasteiger partial charge in [0.05, 0.1) is 29.1 Å². The van der Waals surface area contributed by atoms with Gasteiger partial charge < -0.3 is 15.8 Å². The Morgan fingerprint density at radius 1 is 1.38 bits per heavy atom. The Labute approximate surface area is 126 Å². The van der Waals surface area contributed by atoms with E-state index in [1.54, 1.807) is 12.1 Å². The average molecular weight is 309 g/mol. The van der Waals surface area contributed by atoms with Gasteiger partial charge in [0, 0.05) is 5.69 Å². The topological polar surface area (TPSA) is 64.3 Å². The molecule has 0 aromatic heterocycles. The van der Waals surface area contributed by atoms with Gasteiger partial charge in [0.15, 0.2) is 0 Å². The summed E-state index contributed by atoms with van der Waals surface area (Å²) in [6.07, 6.45) is 0. The van der Waals surface area contributed by atoms with E-state index in [0.717, 1.165) is 11.6 Å². The molecular formula is C15H14ClFN2O2. The summed E-state index contributed by atoms with van der Waals surface area (Å²) in [6, 6.07) is 7.69. The molecule has 0 aliphatic carbocycles. The van der Waals surface area contributed by atoms with E-state index in [1.807, 2.05) is 13.0 Å². The molecule has 2 aromatic rings. The fraction of sp³-hybridized carbons (Fsp3) is 0.133. The van der Waals surface area contributed by atoms with E-state index >= 15 is 0 Å². The van der Waals surface area contributed by atoms with Crippen LogP contribution >= 0.6 is 11.6 Å². The molecule has 0 saturated carbocycles. The summed E-state index contributed by atoms with van der Waals surface area (Å²) >= 11 is 6.09. The van der Waals surface area contributed by atoms with Crippen LogP contribution in [-0.2, 0) is 4.74 Å². The quantitative estimate of drug-likeness (QED) is 0.666. The Balaban J connectivity index is 2.47. The zero-order chi connectivity index (χ0) is 15.6. The first-order valence-corrected chi connectivity index (χ1v) is 6.51. The van der Waals surface area contributed by atoms with Gasteiger partial charge in [-0.25, -0.2) is 9.18 Å². The molecule has 0 unspecified atom stereocenters. The van der Waals surface area contributed by atoms with Gasteiger partial charge >= 0.3 is 5.97 Å². The molecule has 0 saturated heterocycles. The van der Waals surface area contributed by atoms with Gasteiger partial charge in [-0.05, 0) is 30.7 Å². The minimum Gasteiger partial charge on any atom is -0.465 e. The standard InChI is InChI=1S/C15H14ClFN2O2/c1-8-4-3-5-10(16)14(8)19-13-6-9(15(20)21-2)12(18)7-11(13)17/h3-7,19H,18H2,1-2H3. The van der Waals surface area contributed by atoms with Crippen LogP contribution in [0, 0.1) is 12.7 Å². The number of aryl methyl sites for hydroxylation is 1. The van der Waals surface area contributed by atoms with E-state index in [-0.39, 0.29) is 16.9 Å². The van der Waals surface area contributed by atoms with Gasteiger partial charge in [-0.3, -0.25) is 0 Å². The number of hydrogen-bond donors (Lipinski definition) is 2. The van der Waals surface area contributed by atoms with Crippen LogP contribution in [0.15, 0.2) is 30.3 Å². The van der Waals surface area contributed by atoms with Crippen LogP contribution in [0.25, 0.3) is 0 Å². The van der Waals surface area contributed by atoms with Crippen molar-refractivity contribution in [3.63, 3.8) is 0 Å². The van der Waals surface area contributed by atoms with Gasteiger partial charge in [-0.2, -0.15) is 0 Å². The highest BCUT2D eigenvalue weighted by molar-refractivity contribution is 6.33. The molecule has 0 radical (unpaired) electrons. The first-order chi connectivity index (χ1) is 9.93. The lowest BCUT2D eigenvalue weighted by Crippen LogP contribution is -2.08. The fourth-order valence-corrected chi connectivity index (χ4v) is 2.17. The number of halogens is 2. The highest BCUT2D eigenvalue weighted by atomic mass is 35.5. The highest BCUT2D eigenvalue weighted by Crippen LogP contribution is 2.31. The second kappa shape index (κ2) is 6.01. The van der Waals surface area contributed by atoms with Crippen LogP contribution < -0.4 is 11.1 Å². The molecule has 0 aliphatic heterocycles. The molecule has 110 valence electrons. The third-order valence-electron chi connectivity index (χ3n) is 3.03. The van der Waals surface area contributed by atoms with Gasteiger partial charge in [0.2, 0.25) is 0 Å². The molecule has 21 heavy (non-hydrogen) atoms. The van der Waals surface area contributed by atoms with Crippen molar-refractivity contribution in [3.8, 4) is 0 Å². The minimum absolute atomic E-state index is 0.0146. The summed E-state index contributed by atoms with van der Waals surface area (Å²) in [5.74, 6) is -1.22. The maximum atomic E-state index is 14.0. The van der Waals surface area contributed by atoms with Gasteiger partial charge in [-0.1, -0.05) is 23.7 Å². The maximum Gasteiger partial charge on any atom is 0.340 e. The van der Waals surface area contributed by atoms with Crippen LogP contribution in [0.3, 0.4) is 0 Å². The first-order valence-electron chi connectivity index (χ1n) is 6.13. The molecule has 0 heterocycles. The van der Waals surface area contributed by atoms with Crippen LogP contribution in [0.2, 0.25) is 5.02 Å². The number of carbonyl (C=O) groups excluding carboxylic acids is 1. The maximum absolute atomic E-state index is 14.0. The number of methoxy groups -OCH3 is 1. The summed E-state index contributed by atoms with van der Waals surface area (Å²) in [7, 11) is 1.23. The van der Waals surface area contributed by atoms with Crippen molar-refractivity contribution in [3.05, 3.63) is 52.3 Å². The van der Waals surface area contributed by atoms with Crippen LogP contribution in [0.1, 0.15) is 15.9 Å². The van der Waals surface area contributed by atoms with Crippen LogP contribution in [-0.4, -0.2) is 13.1 Å². The molecule has 3 N–H and O–H groups in total. The molecule has 0 fully saturated rings. The molecule has 4 nitrogen and oxygen atoms in total. The predicted octanol–water partition coefficient (Wildman–Crippen LogP) is 3.90. The molecular weight excluding hydrogens is 295 g/mol. The van der Waals surface area contributed by atoms with Crippen LogP contribution in [0.5, 0.6) is 0 Å². The molecule has 0 atom stereocenters. The van der Waals surface area contributed by atoms with Crippen molar-refractivity contribution in [2.75, 3.05) is 18.2 Å². The van der Waals surface area contributed by atoms with E-state index in [9.17, 15) is 9.18 Å². The molecule has 0 amide bonds. The number of nitrogen functional groups attached to an aromatic ring is 1. The van der Waals surface area contributed by atoms with Crippen molar-refractivity contribution in [1.82, 2.24) is 0 Å². The number of benzene rings is 2. The lowest BCUT2D eigenvalue weighted by atomic mass is 10.1. The number of esters is 1. The van der Waals surface area contributed by atoms with E-state index < -0.39 is 11.8 Å². The van der Waals surface area contributed by atoms with Crippen molar-refractivity contribution in [2.45, 2.75) is 6.92 Å². The Hall–Kier alpha value is -2.27. The third kappa shape index (κ3) is 3.08. The first kappa shape index (κ1) is 15.1. The summed E-state index contributed by atoms with van der Waals surface area (Å²) in [5.41, 5.74) is 7.24. The summed E-state index contributed by atoms with van der Waals surface area (Å²) in [5, 5.41) is 3.33. The smallest absolute Gasteiger partial charge is 0.340 e. The summed E-state index contributed by atoms with van der Waals surface area (Å²) < 4.78 is 18.6. The minimum atomic E-state index is -0.633. The average Bonchev–Trinajstić information content (AvgIpc) is 2.44. The number of rotatable bonds is 3. The second-order valence-corrected chi connectivity index (χ2v) is 4.87. The lowest BCUT2D eigenvalue weighted by molar-refractivity contribution is 0.0602. The molecule has 2 rings (SSSR count).